The molecule has 0 heterocycles. The molecule has 1 fully saturated rings. The minimum absolute atomic E-state index is 0.145. The van der Waals surface area contributed by atoms with Gasteiger partial charge in [-0.1, -0.05) is 55.0 Å². The molecule has 1 saturated carbocycles. The summed E-state index contributed by atoms with van der Waals surface area (Å²) in [6.45, 7) is 0.952. The van der Waals surface area contributed by atoms with Crippen LogP contribution in [0.25, 0.3) is 11.1 Å². The second-order valence-electron chi connectivity index (χ2n) is 7.17. The van der Waals surface area contributed by atoms with Crippen molar-refractivity contribution in [3.05, 3.63) is 59.7 Å². The van der Waals surface area contributed by atoms with Crippen LogP contribution in [-0.2, 0) is 14.9 Å². The molecule has 0 atom stereocenters. The van der Waals surface area contributed by atoms with E-state index in [1.807, 2.05) is 24.3 Å². The fraction of sp³-hybridized carbons (Fsp3) is 0.409. The van der Waals surface area contributed by atoms with Gasteiger partial charge in [-0.05, 0) is 54.5 Å². The van der Waals surface area contributed by atoms with Crippen molar-refractivity contribution >= 4 is 5.97 Å². The zero-order chi connectivity index (χ0) is 17.3. The Kier molecular flexibility index (Phi) is 4.34. The fourth-order valence-electron chi connectivity index (χ4n) is 4.36. The number of ether oxygens (including phenoxy) is 1. The number of methoxy groups -OCH3 is 1. The zero-order valence-electron chi connectivity index (χ0n) is 14.8. The Morgan fingerprint density at radius 1 is 1.08 bits per heavy atom. The van der Waals surface area contributed by atoms with Gasteiger partial charge in [0.15, 0.2) is 0 Å². The molecule has 0 radical (unpaired) electrons. The Bertz CT molecular complexity index is 734. The third-order valence-electron chi connectivity index (χ3n) is 5.86. The summed E-state index contributed by atoms with van der Waals surface area (Å²) in [5.41, 5.74) is 3.83. The number of esters is 1. The maximum atomic E-state index is 13.0. The van der Waals surface area contributed by atoms with Crippen molar-refractivity contribution in [1.82, 2.24) is 5.32 Å². The molecule has 0 saturated heterocycles. The van der Waals surface area contributed by atoms with Crippen LogP contribution < -0.4 is 5.32 Å². The number of nitrogens with one attached hydrogen (secondary N) is 1. The number of hydrogen-bond donors (Lipinski definition) is 1. The van der Waals surface area contributed by atoms with E-state index in [0.29, 0.717) is 6.04 Å². The molecule has 0 unspecified atom stereocenters. The van der Waals surface area contributed by atoms with Gasteiger partial charge in [0.1, 0.15) is 5.41 Å². The van der Waals surface area contributed by atoms with Crippen molar-refractivity contribution in [1.29, 1.82) is 0 Å². The smallest absolute Gasteiger partial charge is 0.320 e. The van der Waals surface area contributed by atoms with E-state index < -0.39 is 5.41 Å². The molecule has 3 heteroatoms. The van der Waals surface area contributed by atoms with E-state index in [2.05, 4.69) is 29.6 Å². The molecular formula is C22H25NO2. The lowest BCUT2D eigenvalue weighted by atomic mass is 9.74. The van der Waals surface area contributed by atoms with Gasteiger partial charge in [0.05, 0.1) is 7.11 Å². The summed E-state index contributed by atoms with van der Waals surface area (Å²) in [7, 11) is 1.50. The highest BCUT2D eigenvalue weighted by molar-refractivity contribution is 5.97. The van der Waals surface area contributed by atoms with Crippen molar-refractivity contribution in [2.75, 3.05) is 13.7 Å². The molecule has 2 aromatic carbocycles. The van der Waals surface area contributed by atoms with Gasteiger partial charge in [-0.25, -0.2) is 0 Å². The Labute approximate surface area is 149 Å². The number of fused-ring (bicyclic) bond motifs is 3. The minimum atomic E-state index is -0.677. The highest BCUT2D eigenvalue weighted by Crippen LogP contribution is 2.51. The number of hydrogen-bond acceptors (Lipinski definition) is 3. The molecule has 0 aliphatic heterocycles. The zero-order valence-corrected chi connectivity index (χ0v) is 14.8. The van der Waals surface area contributed by atoms with E-state index in [9.17, 15) is 4.79 Å². The molecule has 2 aliphatic rings. The molecule has 0 bridgehead atoms. The molecule has 130 valence electrons. The molecule has 4 rings (SSSR count). The lowest BCUT2D eigenvalue weighted by Crippen LogP contribution is -2.39. The van der Waals surface area contributed by atoms with Gasteiger partial charge < -0.3 is 10.1 Å². The Morgan fingerprint density at radius 3 is 2.20 bits per heavy atom. The van der Waals surface area contributed by atoms with Crippen LogP contribution in [0.2, 0.25) is 0 Å². The Balaban J connectivity index is 1.68. The first-order valence-electron chi connectivity index (χ1n) is 9.28. The van der Waals surface area contributed by atoms with Crippen LogP contribution >= 0.6 is 0 Å². The molecule has 0 aromatic heterocycles. The predicted molar refractivity (Wildman–Crippen MR) is 99.5 cm³/mol. The summed E-state index contributed by atoms with van der Waals surface area (Å²) in [6, 6.07) is 17.2. The third kappa shape index (κ3) is 2.58. The summed E-state index contributed by atoms with van der Waals surface area (Å²) in [4.78, 5) is 13.0. The van der Waals surface area contributed by atoms with Crippen LogP contribution in [0.15, 0.2) is 48.5 Å². The summed E-state index contributed by atoms with van der Waals surface area (Å²) in [6.07, 6.45) is 5.63. The van der Waals surface area contributed by atoms with Crippen LogP contribution in [0.3, 0.4) is 0 Å². The van der Waals surface area contributed by atoms with Crippen molar-refractivity contribution in [3.63, 3.8) is 0 Å². The fourth-order valence-corrected chi connectivity index (χ4v) is 4.36. The van der Waals surface area contributed by atoms with Gasteiger partial charge in [-0.2, -0.15) is 0 Å². The Hall–Kier alpha value is -2.13. The number of rotatable bonds is 6. The van der Waals surface area contributed by atoms with Gasteiger partial charge in [-0.3, -0.25) is 4.79 Å². The number of carbonyl (C=O) groups is 1. The highest BCUT2D eigenvalue weighted by atomic mass is 16.5. The lowest BCUT2D eigenvalue weighted by Gasteiger charge is -2.30. The second-order valence-corrected chi connectivity index (χ2v) is 7.17. The first-order chi connectivity index (χ1) is 12.3. The molecule has 1 N–H and O–H groups in total. The average Bonchev–Trinajstić information content (AvgIpc) is 2.91. The van der Waals surface area contributed by atoms with Crippen LogP contribution in [0.1, 0.15) is 43.2 Å². The maximum Gasteiger partial charge on any atom is 0.320 e. The lowest BCUT2D eigenvalue weighted by molar-refractivity contribution is -0.146. The van der Waals surface area contributed by atoms with Gasteiger partial charge in [0.25, 0.3) is 0 Å². The summed E-state index contributed by atoms with van der Waals surface area (Å²) < 4.78 is 5.30. The van der Waals surface area contributed by atoms with Gasteiger partial charge in [0.2, 0.25) is 0 Å². The quantitative estimate of drug-likeness (QED) is 0.639. The van der Waals surface area contributed by atoms with E-state index in [0.717, 1.165) is 41.6 Å². The summed E-state index contributed by atoms with van der Waals surface area (Å²) in [5, 5.41) is 3.61. The molecule has 3 nitrogen and oxygen atoms in total. The average molecular weight is 335 g/mol. The van der Waals surface area contributed by atoms with E-state index in [1.54, 1.807) is 0 Å². The normalized spacial score (nSPS) is 17.5. The van der Waals surface area contributed by atoms with Crippen LogP contribution in [-0.4, -0.2) is 25.7 Å². The molecule has 0 spiro atoms. The molecule has 2 aliphatic carbocycles. The van der Waals surface area contributed by atoms with E-state index >= 15 is 0 Å². The van der Waals surface area contributed by atoms with Crippen molar-refractivity contribution in [2.24, 2.45) is 0 Å². The highest BCUT2D eigenvalue weighted by Gasteiger charge is 2.49. The standard InChI is InChI=1S/C22H25NO2/c1-25-21(24)22(14-7-15-23-16-8-6-9-16)19-12-4-2-10-17(19)18-11-3-5-13-20(18)22/h2-5,10-13,16,23H,6-9,14-15H2,1H3. The first kappa shape index (κ1) is 16.3. The largest absolute Gasteiger partial charge is 0.468 e. The van der Waals surface area contributed by atoms with E-state index in [1.165, 1.54) is 26.4 Å². The minimum Gasteiger partial charge on any atom is -0.468 e. The Morgan fingerprint density at radius 2 is 1.68 bits per heavy atom. The third-order valence-corrected chi connectivity index (χ3v) is 5.86. The van der Waals surface area contributed by atoms with Crippen LogP contribution in [0, 0.1) is 0 Å². The molecule has 2 aromatic rings. The van der Waals surface area contributed by atoms with E-state index in [4.69, 9.17) is 4.74 Å². The molecular weight excluding hydrogens is 310 g/mol. The maximum absolute atomic E-state index is 13.0. The second kappa shape index (κ2) is 6.64. The SMILES string of the molecule is COC(=O)C1(CCCNC2CCC2)c2ccccc2-c2ccccc21. The van der Waals surface area contributed by atoms with Gasteiger partial charge >= 0.3 is 5.97 Å². The van der Waals surface area contributed by atoms with Gasteiger partial charge in [-0.15, -0.1) is 0 Å². The topological polar surface area (TPSA) is 38.3 Å². The molecule has 25 heavy (non-hydrogen) atoms. The first-order valence-corrected chi connectivity index (χ1v) is 9.28. The number of carbonyl (C=O) groups excluding carboxylic acids is 1. The van der Waals surface area contributed by atoms with Crippen LogP contribution in [0.5, 0.6) is 0 Å². The summed E-state index contributed by atoms with van der Waals surface area (Å²) in [5.74, 6) is -0.145. The predicted octanol–water partition coefficient (Wildman–Crippen LogP) is 4.05. The van der Waals surface area contributed by atoms with Crippen molar-refractivity contribution in [3.8, 4) is 11.1 Å². The van der Waals surface area contributed by atoms with Crippen molar-refractivity contribution in [2.45, 2.75) is 43.6 Å². The molecule has 0 amide bonds. The van der Waals surface area contributed by atoms with Crippen molar-refractivity contribution < 1.29 is 9.53 Å². The monoisotopic (exact) mass is 335 g/mol. The van der Waals surface area contributed by atoms with Gasteiger partial charge in [0, 0.05) is 6.04 Å². The number of benzene rings is 2. The summed E-state index contributed by atoms with van der Waals surface area (Å²) >= 11 is 0. The van der Waals surface area contributed by atoms with Crippen LogP contribution in [0.4, 0.5) is 0 Å². The van der Waals surface area contributed by atoms with E-state index in [-0.39, 0.29) is 5.97 Å².